The summed E-state index contributed by atoms with van der Waals surface area (Å²) >= 11 is 0. The van der Waals surface area contributed by atoms with Gasteiger partial charge in [0.2, 0.25) is 0 Å². The van der Waals surface area contributed by atoms with Crippen molar-refractivity contribution in [2.45, 2.75) is 6.10 Å². The molecule has 0 bridgehead atoms. The summed E-state index contributed by atoms with van der Waals surface area (Å²) < 4.78 is 21.6. The van der Waals surface area contributed by atoms with Crippen molar-refractivity contribution in [3.63, 3.8) is 0 Å². The topological polar surface area (TPSA) is 66.0 Å². The summed E-state index contributed by atoms with van der Waals surface area (Å²) in [7, 11) is 4.50. The van der Waals surface area contributed by atoms with Gasteiger partial charge in [-0.2, -0.15) is 0 Å². The van der Waals surface area contributed by atoms with Crippen LogP contribution in [0.2, 0.25) is 0 Å². The van der Waals surface area contributed by atoms with Crippen LogP contribution in [0.3, 0.4) is 0 Å². The highest BCUT2D eigenvalue weighted by Gasteiger charge is 2.29. The van der Waals surface area contributed by atoms with E-state index in [2.05, 4.69) is 5.32 Å². The Kier molecular flexibility index (Phi) is 4.79. The molecule has 1 heterocycles. The highest BCUT2D eigenvalue weighted by atomic mass is 16.5. The number of carbonyl (C=O) groups is 1. The molecule has 1 atom stereocenters. The van der Waals surface area contributed by atoms with E-state index in [1.807, 2.05) is 36.4 Å². The van der Waals surface area contributed by atoms with Gasteiger partial charge in [0.1, 0.15) is 17.2 Å². The zero-order valence-corrected chi connectivity index (χ0v) is 14.2. The molecule has 0 saturated carbocycles. The Morgan fingerprint density at radius 3 is 2.64 bits per heavy atom. The molecule has 0 fully saturated rings. The number of esters is 1. The molecular formula is C19H19NO5. The van der Waals surface area contributed by atoms with Gasteiger partial charge in [0.15, 0.2) is 6.10 Å². The first kappa shape index (κ1) is 16.7. The second-order valence-corrected chi connectivity index (χ2v) is 5.35. The maximum Gasteiger partial charge on any atom is 0.332 e. The lowest BCUT2D eigenvalue weighted by atomic mass is 10.0. The molecule has 3 rings (SSSR count). The van der Waals surface area contributed by atoms with E-state index >= 15 is 0 Å². The van der Waals surface area contributed by atoms with Crippen LogP contribution in [0.1, 0.15) is 11.7 Å². The number of anilines is 1. The third-order valence-electron chi connectivity index (χ3n) is 3.89. The van der Waals surface area contributed by atoms with Crippen LogP contribution in [0.25, 0.3) is 0 Å². The Hall–Kier alpha value is -3.15. The fourth-order valence-electron chi connectivity index (χ4n) is 2.65. The van der Waals surface area contributed by atoms with E-state index in [4.69, 9.17) is 18.9 Å². The Labute approximate surface area is 146 Å². The molecule has 1 aliphatic rings. The lowest BCUT2D eigenvalue weighted by molar-refractivity contribution is -0.134. The van der Waals surface area contributed by atoms with Crippen LogP contribution in [0.15, 0.2) is 54.2 Å². The normalized spacial score (nSPS) is 17.1. The Morgan fingerprint density at radius 1 is 1.12 bits per heavy atom. The van der Waals surface area contributed by atoms with Crippen LogP contribution in [0, 0.1) is 0 Å². The predicted octanol–water partition coefficient (Wildman–Crippen LogP) is 3.31. The van der Waals surface area contributed by atoms with Crippen molar-refractivity contribution in [1.29, 1.82) is 0 Å². The van der Waals surface area contributed by atoms with Crippen LogP contribution in [0.4, 0.5) is 5.69 Å². The van der Waals surface area contributed by atoms with E-state index in [0.29, 0.717) is 22.9 Å². The van der Waals surface area contributed by atoms with Crippen molar-refractivity contribution in [1.82, 2.24) is 0 Å². The van der Waals surface area contributed by atoms with Crippen molar-refractivity contribution in [3.05, 3.63) is 59.8 Å². The Bertz CT molecular complexity index is 815. The molecule has 0 spiro atoms. The zero-order valence-electron chi connectivity index (χ0n) is 14.2. The number of nitrogens with one attached hydrogen (secondary N) is 1. The monoisotopic (exact) mass is 341 g/mol. The number of ether oxygens (including phenoxy) is 4. The van der Waals surface area contributed by atoms with Gasteiger partial charge in [0.05, 0.1) is 32.7 Å². The molecule has 0 radical (unpaired) electrons. The number of fused-ring (bicyclic) bond motifs is 1. The summed E-state index contributed by atoms with van der Waals surface area (Å²) in [6.07, 6.45) is 0.833. The summed E-state index contributed by atoms with van der Waals surface area (Å²) in [5.74, 6) is 1.49. The SMILES string of the molecule is COC(=O)/C=C1\Nc2ccccc2OC1c1ccc(OC)cc1OC. The van der Waals surface area contributed by atoms with Gasteiger partial charge in [-0.1, -0.05) is 12.1 Å². The molecule has 0 aromatic heterocycles. The first-order chi connectivity index (χ1) is 12.2. The van der Waals surface area contributed by atoms with E-state index in [9.17, 15) is 4.79 Å². The van der Waals surface area contributed by atoms with E-state index in [-0.39, 0.29) is 0 Å². The summed E-state index contributed by atoms with van der Waals surface area (Å²) in [5, 5.41) is 3.24. The zero-order chi connectivity index (χ0) is 17.8. The Balaban J connectivity index is 2.08. The lowest BCUT2D eigenvalue weighted by Gasteiger charge is -2.30. The summed E-state index contributed by atoms with van der Waals surface area (Å²) in [6.45, 7) is 0. The molecule has 1 aliphatic heterocycles. The minimum absolute atomic E-state index is 0.469. The summed E-state index contributed by atoms with van der Waals surface area (Å²) in [4.78, 5) is 11.8. The summed E-state index contributed by atoms with van der Waals surface area (Å²) in [6, 6.07) is 13.0. The number of para-hydroxylation sites is 2. The van der Waals surface area contributed by atoms with Crippen molar-refractivity contribution in [2.24, 2.45) is 0 Å². The number of benzene rings is 2. The highest BCUT2D eigenvalue weighted by molar-refractivity contribution is 5.84. The van der Waals surface area contributed by atoms with Gasteiger partial charge in [0, 0.05) is 17.7 Å². The molecule has 2 aromatic rings. The maximum atomic E-state index is 11.8. The first-order valence-corrected chi connectivity index (χ1v) is 7.70. The fraction of sp³-hybridized carbons (Fsp3) is 0.211. The quantitative estimate of drug-likeness (QED) is 0.680. The third kappa shape index (κ3) is 3.38. The number of rotatable bonds is 4. The van der Waals surface area contributed by atoms with Gasteiger partial charge < -0.3 is 24.3 Å². The molecule has 1 N–H and O–H groups in total. The second kappa shape index (κ2) is 7.17. The van der Waals surface area contributed by atoms with Crippen LogP contribution in [-0.4, -0.2) is 27.3 Å². The van der Waals surface area contributed by atoms with Gasteiger partial charge >= 0.3 is 5.97 Å². The largest absolute Gasteiger partial charge is 0.497 e. The lowest BCUT2D eigenvalue weighted by Crippen LogP contribution is -2.23. The minimum Gasteiger partial charge on any atom is -0.497 e. The van der Waals surface area contributed by atoms with Gasteiger partial charge in [-0.25, -0.2) is 4.79 Å². The van der Waals surface area contributed by atoms with Gasteiger partial charge in [-0.15, -0.1) is 0 Å². The van der Waals surface area contributed by atoms with Crippen LogP contribution >= 0.6 is 0 Å². The van der Waals surface area contributed by atoms with E-state index in [1.54, 1.807) is 20.3 Å². The summed E-state index contributed by atoms with van der Waals surface area (Å²) in [5.41, 5.74) is 2.11. The van der Waals surface area contributed by atoms with Gasteiger partial charge in [-0.3, -0.25) is 0 Å². The highest BCUT2D eigenvalue weighted by Crippen LogP contribution is 2.42. The number of carbonyl (C=O) groups excluding carboxylic acids is 1. The standard InChI is InChI=1S/C19H19NO5/c1-22-12-8-9-13(17(10-12)23-2)19-15(11-18(21)24-3)20-14-6-4-5-7-16(14)25-19/h4-11,19-20H,1-3H3/b15-11-. The second-order valence-electron chi connectivity index (χ2n) is 5.35. The number of hydrogen-bond acceptors (Lipinski definition) is 6. The minimum atomic E-state index is -0.546. The van der Waals surface area contributed by atoms with Gasteiger partial charge in [0.25, 0.3) is 0 Å². The molecule has 2 aromatic carbocycles. The molecular weight excluding hydrogens is 322 g/mol. The van der Waals surface area contributed by atoms with Crippen molar-refractivity contribution >= 4 is 11.7 Å². The van der Waals surface area contributed by atoms with Crippen molar-refractivity contribution < 1.29 is 23.7 Å². The van der Waals surface area contributed by atoms with E-state index < -0.39 is 12.1 Å². The molecule has 0 saturated heterocycles. The maximum absolute atomic E-state index is 11.8. The predicted molar refractivity (Wildman–Crippen MR) is 93.1 cm³/mol. The number of hydrogen-bond donors (Lipinski definition) is 1. The molecule has 1 unspecified atom stereocenters. The molecule has 25 heavy (non-hydrogen) atoms. The third-order valence-corrected chi connectivity index (χ3v) is 3.89. The van der Waals surface area contributed by atoms with E-state index in [0.717, 1.165) is 11.3 Å². The first-order valence-electron chi connectivity index (χ1n) is 7.70. The molecule has 0 aliphatic carbocycles. The fourth-order valence-corrected chi connectivity index (χ4v) is 2.65. The Morgan fingerprint density at radius 2 is 1.92 bits per heavy atom. The molecule has 0 amide bonds. The average Bonchev–Trinajstić information content (AvgIpc) is 2.66. The van der Waals surface area contributed by atoms with Crippen molar-refractivity contribution in [3.8, 4) is 17.2 Å². The van der Waals surface area contributed by atoms with Crippen LogP contribution in [0.5, 0.6) is 17.2 Å². The molecule has 130 valence electrons. The van der Waals surface area contributed by atoms with Crippen LogP contribution in [-0.2, 0) is 9.53 Å². The smallest absolute Gasteiger partial charge is 0.332 e. The van der Waals surface area contributed by atoms with Gasteiger partial charge in [-0.05, 0) is 24.3 Å². The molecule has 6 nitrogen and oxygen atoms in total. The van der Waals surface area contributed by atoms with E-state index in [1.165, 1.54) is 13.2 Å². The number of methoxy groups -OCH3 is 3. The average molecular weight is 341 g/mol. The van der Waals surface area contributed by atoms with Crippen molar-refractivity contribution in [2.75, 3.05) is 26.6 Å². The van der Waals surface area contributed by atoms with Crippen LogP contribution < -0.4 is 19.5 Å². The molecule has 6 heteroatoms.